The van der Waals surface area contributed by atoms with Crippen molar-refractivity contribution in [3.63, 3.8) is 0 Å². The number of carboxylic acid groups (broad SMARTS) is 1. The minimum absolute atomic E-state index is 0.0716. The molecule has 0 heterocycles. The molecule has 0 atom stereocenters. The molecule has 0 aliphatic rings. The second-order valence-corrected chi connectivity index (χ2v) is 3.98. The summed E-state index contributed by atoms with van der Waals surface area (Å²) < 4.78 is 26.3. The summed E-state index contributed by atoms with van der Waals surface area (Å²) in [5.74, 6) is -2.07. The standard InChI is InChI=1S/C14H11F2NO2/c15-11-5-6-12(16)13(7-11)17-8-9-1-3-10(4-2-9)14(18)19/h1-7,17H,8H2,(H,18,19). The van der Waals surface area contributed by atoms with E-state index in [0.29, 0.717) is 0 Å². The highest BCUT2D eigenvalue weighted by Gasteiger charge is 2.04. The molecule has 0 fully saturated rings. The zero-order valence-electron chi connectivity index (χ0n) is 9.86. The first-order valence-electron chi connectivity index (χ1n) is 5.57. The first-order chi connectivity index (χ1) is 9.06. The Morgan fingerprint density at radius 3 is 2.42 bits per heavy atom. The lowest BCUT2D eigenvalue weighted by Crippen LogP contribution is -2.03. The molecule has 0 unspecified atom stereocenters. The lowest BCUT2D eigenvalue weighted by atomic mass is 10.1. The van der Waals surface area contributed by atoms with Gasteiger partial charge in [0.1, 0.15) is 11.6 Å². The van der Waals surface area contributed by atoms with Gasteiger partial charge < -0.3 is 10.4 Å². The molecule has 0 spiro atoms. The van der Waals surface area contributed by atoms with Crippen LogP contribution in [-0.2, 0) is 6.54 Å². The topological polar surface area (TPSA) is 49.3 Å². The summed E-state index contributed by atoms with van der Waals surface area (Å²) in [6, 6.07) is 9.32. The molecule has 0 aliphatic carbocycles. The Morgan fingerprint density at radius 1 is 1.11 bits per heavy atom. The van der Waals surface area contributed by atoms with E-state index in [1.807, 2.05) is 0 Å². The van der Waals surface area contributed by atoms with Gasteiger partial charge in [0.15, 0.2) is 0 Å². The van der Waals surface area contributed by atoms with Crippen LogP contribution in [0.5, 0.6) is 0 Å². The van der Waals surface area contributed by atoms with Crippen LogP contribution in [0.15, 0.2) is 42.5 Å². The Balaban J connectivity index is 2.06. The van der Waals surface area contributed by atoms with Gasteiger partial charge in [-0.2, -0.15) is 0 Å². The SMILES string of the molecule is O=C(O)c1ccc(CNc2cc(F)ccc2F)cc1. The van der Waals surface area contributed by atoms with Gasteiger partial charge in [-0.15, -0.1) is 0 Å². The Morgan fingerprint density at radius 2 is 1.79 bits per heavy atom. The smallest absolute Gasteiger partial charge is 0.335 e. The lowest BCUT2D eigenvalue weighted by molar-refractivity contribution is 0.0697. The van der Waals surface area contributed by atoms with Gasteiger partial charge in [0.2, 0.25) is 0 Å². The van der Waals surface area contributed by atoms with Crippen LogP contribution in [0.25, 0.3) is 0 Å². The van der Waals surface area contributed by atoms with E-state index in [1.54, 1.807) is 12.1 Å². The van der Waals surface area contributed by atoms with Crippen LogP contribution in [0.2, 0.25) is 0 Å². The molecule has 98 valence electrons. The molecule has 3 nitrogen and oxygen atoms in total. The molecule has 2 N–H and O–H groups in total. The van der Waals surface area contributed by atoms with Crippen molar-refractivity contribution in [1.29, 1.82) is 0 Å². The van der Waals surface area contributed by atoms with Gasteiger partial charge in [0.05, 0.1) is 11.3 Å². The van der Waals surface area contributed by atoms with E-state index in [-0.39, 0.29) is 17.8 Å². The van der Waals surface area contributed by atoms with Crippen molar-refractivity contribution < 1.29 is 18.7 Å². The molecule has 0 amide bonds. The summed E-state index contributed by atoms with van der Waals surface area (Å²) in [6.07, 6.45) is 0. The largest absolute Gasteiger partial charge is 0.478 e. The zero-order valence-corrected chi connectivity index (χ0v) is 9.86. The van der Waals surface area contributed by atoms with Gasteiger partial charge in [-0.05, 0) is 35.9 Å². The van der Waals surface area contributed by atoms with Gasteiger partial charge >= 0.3 is 5.97 Å². The van der Waals surface area contributed by atoms with Crippen LogP contribution in [0, 0.1) is 11.6 Å². The van der Waals surface area contributed by atoms with E-state index < -0.39 is 17.6 Å². The Labute approximate surface area is 108 Å². The predicted molar refractivity (Wildman–Crippen MR) is 67.1 cm³/mol. The summed E-state index contributed by atoms with van der Waals surface area (Å²) in [4.78, 5) is 10.7. The number of hydrogen-bond acceptors (Lipinski definition) is 2. The fraction of sp³-hybridized carbons (Fsp3) is 0.0714. The van der Waals surface area contributed by atoms with Crippen molar-refractivity contribution in [3.8, 4) is 0 Å². The number of nitrogens with one attached hydrogen (secondary N) is 1. The first-order valence-corrected chi connectivity index (χ1v) is 5.57. The van der Waals surface area contributed by atoms with Crippen molar-refractivity contribution in [3.05, 3.63) is 65.2 Å². The number of benzene rings is 2. The van der Waals surface area contributed by atoms with Gasteiger partial charge in [-0.3, -0.25) is 0 Å². The molecular weight excluding hydrogens is 252 g/mol. The van der Waals surface area contributed by atoms with Crippen molar-refractivity contribution >= 4 is 11.7 Å². The van der Waals surface area contributed by atoms with Crippen LogP contribution in [0.4, 0.5) is 14.5 Å². The number of halogens is 2. The molecule has 2 rings (SSSR count). The minimum atomic E-state index is -1.00. The highest BCUT2D eigenvalue weighted by Crippen LogP contribution is 2.16. The maximum Gasteiger partial charge on any atom is 0.335 e. The third-order valence-electron chi connectivity index (χ3n) is 2.61. The minimum Gasteiger partial charge on any atom is -0.478 e. The van der Waals surface area contributed by atoms with E-state index in [0.717, 1.165) is 23.8 Å². The first kappa shape index (κ1) is 13.0. The van der Waals surface area contributed by atoms with Crippen molar-refractivity contribution in [2.75, 3.05) is 5.32 Å². The van der Waals surface area contributed by atoms with Gasteiger partial charge in [-0.25, -0.2) is 13.6 Å². The second kappa shape index (κ2) is 5.48. The molecule has 0 saturated carbocycles. The zero-order chi connectivity index (χ0) is 13.8. The Hall–Kier alpha value is -2.43. The predicted octanol–water partition coefficient (Wildman–Crippen LogP) is 3.28. The summed E-state index contributed by atoms with van der Waals surface area (Å²) in [7, 11) is 0. The van der Waals surface area contributed by atoms with E-state index in [2.05, 4.69) is 5.32 Å². The number of carboxylic acids is 1. The summed E-state index contributed by atoms with van der Waals surface area (Å²) in [6.45, 7) is 0.278. The summed E-state index contributed by atoms with van der Waals surface area (Å²) in [5.41, 5.74) is 1.02. The molecule has 0 saturated heterocycles. The molecular formula is C14H11F2NO2. The molecule has 2 aromatic carbocycles. The van der Waals surface area contributed by atoms with Crippen LogP contribution >= 0.6 is 0 Å². The van der Waals surface area contributed by atoms with Crippen LogP contribution in [0.3, 0.4) is 0 Å². The van der Waals surface area contributed by atoms with Crippen molar-refractivity contribution in [1.82, 2.24) is 0 Å². The fourth-order valence-electron chi connectivity index (χ4n) is 1.60. The number of rotatable bonds is 4. The van der Waals surface area contributed by atoms with Crippen LogP contribution in [-0.4, -0.2) is 11.1 Å². The highest BCUT2D eigenvalue weighted by atomic mass is 19.1. The molecule has 0 radical (unpaired) electrons. The maximum absolute atomic E-state index is 13.3. The number of anilines is 1. The Bertz CT molecular complexity index is 597. The highest BCUT2D eigenvalue weighted by molar-refractivity contribution is 5.87. The Kier molecular flexibility index (Phi) is 3.75. The third kappa shape index (κ3) is 3.28. The van der Waals surface area contributed by atoms with E-state index >= 15 is 0 Å². The van der Waals surface area contributed by atoms with Crippen molar-refractivity contribution in [2.24, 2.45) is 0 Å². The molecule has 2 aromatic rings. The van der Waals surface area contributed by atoms with Crippen LogP contribution in [0.1, 0.15) is 15.9 Å². The van der Waals surface area contributed by atoms with E-state index in [1.165, 1.54) is 12.1 Å². The number of aromatic carboxylic acids is 1. The number of hydrogen-bond donors (Lipinski definition) is 2. The summed E-state index contributed by atoms with van der Waals surface area (Å²) >= 11 is 0. The van der Waals surface area contributed by atoms with E-state index in [4.69, 9.17) is 5.11 Å². The van der Waals surface area contributed by atoms with Gasteiger partial charge in [0, 0.05) is 6.54 Å². The van der Waals surface area contributed by atoms with E-state index in [9.17, 15) is 13.6 Å². The molecule has 19 heavy (non-hydrogen) atoms. The van der Waals surface area contributed by atoms with Crippen molar-refractivity contribution in [2.45, 2.75) is 6.54 Å². The van der Waals surface area contributed by atoms with Gasteiger partial charge in [-0.1, -0.05) is 12.1 Å². The third-order valence-corrected chi connectivity index (χ3v) is 2.61. The normalized spacial score (nSPS) is 10.2. The molecule has 0 aromatic heterocycles. The average molecular weight is 263 g/mol. The fourth-order valence-corrected chi connectivity index (χ4v) is 1.60. The monoisotopic (exact) mass is 263 g/mol. The molecule has 0 bridgehead atoms. The second-order valence-electron chi connectivity index (χ2n) is 3.98. The lowest BCUT2D eigenvalue weighted by Gasteiger charge is -2.08. The molecule has 5 heteroatoms. The summed E-state index contributed by atoms with van der Waals surface area (Å²) in [5, 5.41) is 11.5. The van der Waals surface area contributed by atoms with Crippen LogP contribution < -0.4 is 5.32 Å². The molecule has 0 aliphatic heterocycles. The maximum atomic E-state index is 13.3. The van der Waals surface area contributed by atoms with Gasteiger partial charge in [0.25, 0.3) is 0 Å². The number of carbonyl (C=O) groups is 1. The average Bonchev–Trinajstić information content (AvgIpc) is 2.40. The quantitative estimate of drug-likeness (QED) is 0.890.